The molecule has 0 saturated carbocycles. The van der Waals surface area contributed by atoms with Gasteiger partial charge in [-0.25, -0.2) is 10.2 Å². The Morgan fingerprint density at radius 2 is 1.77 bits per heavy atom. The molecule has 1 aromatic heterocycles. The monoisotopic (exact) mass is 417 g/mol. The first-order chi connectivity index (χ1) is 15.0. The number of rotatable bonds is 8. The van der Waals surface area contributed by atoms with Gasteiger partial charge in [0, 0.05) is 11.8 Å². The Labute approximate surface area is 180 Å². The number of benzene rings is 2. The zero-order chi connectivity index (χ0) is 22.1. The summed E-state index contributed by atoms with van der Waals surface area (Å²) in [6.07, 6.45) is 5.85. The van der Waals surface area contributed by atoms with E-state index in [1.807, 2.05) is 32.0 Å². The van der Waals surface area contributed by atoms with E-state index in [0.717, 1.165) is 22.4 Å². The SMILES string of the molecule is Cc1cccc(C)c1NCC(=O)N/N=C/c1ccc(OC(=O)/C=C/c2ccco2)cc1. The standard InChI is InChI=1S/C24H23N3O4/c1-17-5-3-6-18(2)24(17)25-16-22(28)27-26-15-19-8-10-21(11-9-19)31-23(29)13-12-20-7-4-14-30-20/h3-15,25H,16H2,1-2H3,(H,27,28)/b13-12+,26-15+. The van der Waals surface area contributed by atoms with Crippen molar-refractivity contribution in [3.05, 3.63) is 89.4 Å². The van der Waals surface area contributed by atoms with Crippen LogP contribution in [-0.4, -0.2) is 24.6 Å². The summed E-state index contributed by atoms with van der Waals surface area (Å²) in [5.74, 6) is 0.192. The van der Waals surface area contributed by atoms with E-state index in [4.69, 9.17) is 9.15 Å². The van der Waals surface area contributed by atoms with Crippen molar-refractivity contribution in [1.82, 2.24) is 5.43 Å². The normalized spacial score (nSPS) is 11.0. The number of hydrazone groups is 1. The Kier molecular flexibility index (Phi) is 7.37. The van der Waals surface area contributed by atoms with E-state index in [9.17, 15) is 9.59 Å². The van der Waals surface area contributed by atoms with Crippen LogP contribution in [0.5, 0.6) is 5.75 Å². The van der Waals surface area contributed by atoms with Gasteiger partial charge in [-0.1, -0.05) is 18.2 Å². The zero-order valence-corrected chi connectivity index (χ0v) is 17.3. The van der Waals surface area contributed by atoms with Crippen molar-refractivity contribution in [1.29, 1.82) is 0 Å². The van der Waals surface area contributed by atoms with E-state index < -0.39 is 5.97 Å². The minimum Gasteiger partial charge on any atom is -0.465 e. The largest absolute Gasteiger partial charge is 0.465 e. The van der Waals surface area contributed by atoms with Crippen molar-refractivity contribution < 1.29 is 18.7 Å². The highest BCUT2D eigenvalue weighted by Crippen LogP contribution is 2.18. The molecule has 1 heterocycles. The molecule has 7 nitrogen and oxygen atoms in total. The van der Waals surface area contributed by atoms with E-state index in [2.05, 4.69) is 15.8 Å². The summed E-state index contributed by atoms with van der Waals surface area (Å²) in [7, 11) is 0. The van der Waals surface area contributed by atoms with Gasteiger partial charge in [0.2, 0.25) is 0 Å². The lowest BCUT2D eigenvalue weighted by Gasteiger charge is -2.11. The van der Waals surface area contributed by atoms with Gasteiger partial charge in [-0.3, -0.25) is 4.79 Å². The average Bonchev–Trinajstić information content (AvgIpc) is 3.27. The summed E-state index contributed by atoms with van der Waals surface area (Å²) >= 11 is 0. The van der Waals surface area contributed by atoms with Gasteiger partial charge < -0.3 is 14.5 Å². The van der Waals surface area contributed by atoms with Crippen molar-refractivity contribution in [2.45, 2.75) is 13.8 Å². The predicted molar refractivity (Wildman–Crippen MR) is 120 cm³/mol. The molecular weight excluding hydrogens is 394 g/mol. The second kappa shape index (κ2) is 10.6. The maximum absolute atomic E-state index is 12.0. The molecule has 0 aliphatic heterocycles. The Hall–Kier alpha value is -4.13. The van der Waals surface area contributed by atoms with Gasteiger partial charge in [-0.15, -0.1) is 0 Å². The number of esters is 1. The van der Waals surface area contributed by atoms with Gasteiger partial charge in [0.05, 0.1) is 19.0 Å². The summed E-state index contributed by atoms with van der Waals surface area (Å²) in [5.41, 5.74) is 6.33. The van der Waals surface area contributed by atoms with Gasteiger partial charge >= 0.3 is 5.97 Å². The van der Waals surface area contributed by atoms with Crippen LogP contribution in [0.15, 0.2) is 76.5 Å². The van der Waals surface area contributed by atoms with Crippen LogP contribution in [0.25, 0.3) is 6.08 Å². The van der Waals surface area contributed by atoms with Gasteiger partial charge in [0.15, 0.2) is 0 Å². The molecule has 0 saturated heterocycles. The van der Waals surface area contributed by atoms with Gasteiger partial charge in [-0.05, 0) is 73.0 Å². The highest BCUT2D eigenvalue weighted by Gasteiger charge is 2.05. The highest BCUT2D eigenvalue weighted by molar-refractivity contribution is 5.88. The Bertz CT molecular complexity index is 1060. The summed E-state index contributed by atoms with van der Waals surface area (Å²) in [5, 5.41) is 7.08. The van der Waals surface area contributed by atoms with Crippen LogP contribution in [0.2, 0.25) is 0 Å². The number of nitrogens with one attached hydrogen (secondary N) is 2. The van der Waals surface area contributed by atoms with Gasteiger partial charge in [0.25, 0.3) is 5.91 Å². The van der Waals surface area contributed by atoms with Crippen LogP contribution >= 0.6 is 0 Å². The third kappa shape index (κ3) is 6.71. The number of amides is 1. The minimum absolute atomic E-state index is 0.115. The number of nitrogens with zero attached hydrogens (tertiary/aromatic N) is 1. The Morgan fingerprint density at radius 3 is 2.45 bits per heavy atom. The van der Waals surface area contributed by atoms with Crippen molar-refractivity contribution in [3.63, 3.8) is 0 Å². The fourth-order valence-corrected chi connectivity index (χ4v) is 2.79. The number of ether oxygens (including phenoxy) is 1. The molecule has 3 aromatic rings. The third-order valence-electron chi connectivity index (χ3n) is 4.34. The van der Waals surface area contributed by atoms with E-state index in [0.29, 0.717) is 11.5 Å². The first-order valence-corrected chi connectivity index (χ1v) is 9.67. The molecule has 0 bridgehead atoms. The quantitative estimate of drug-likeness (QED) is 0.189. The molecule has 0 fully saturated rings. The molecule has 2 N–H and O–H groups in total. The molecule has 0 spiro atoms. The molecule has 0 aliphatic rings. The second-order valence-corrected chi connectivity index (χ2v) is 6.75. The van der Waals surface area contributed by atoms with Crippen molar-refractivity contribution in [2.24, 2.45) is 5.10 Å². The average molecular weight is 417 g/mol. The number of carbonyl (C=O) groups excluding carboxylic acids is 2. The third-order valence-corrected chi connectivity index (χ3v) is 4.34. The zero-order valence-electron chi connectivity index (χ0n) is 17.3. The number of aryl methyl sites for hydroxylation is 2. The van der Waals surface area contributed by atoms with Crippen LogP contribution in [-0.2, 0) is 9.59 Å². The Balaban J connectivity index is 1.44. The highest BCUT2D eigenvalue weighted by atomic mass is 16.5. The molecule has 0 unspecified atom stereocenters. The molecule has 0 radical (unpaired) electrons. The van der Waals surface area contributed by atoms with E-state index >= 15 is 0 Å². The number of hydrogen-bond acceptors (Lipinski definition) is 6. The van der Waals surface area contributed by atoms with Gasteiger partial charge in [0.1, 0.15) is 11.5 Å². The van der Waals surface area contributed by atoms with Crippen LogP contribution in [0, 0.1) is 13.8 Å². The fourth-order valence-electron chi connectivity index (χ4n) is 2.79. The number of carbonyl (C=O) groups is 2. The Morgan fingerprint density at radius 1 is 1.03 bits per heavy atom. The van der Waals surface area contributed by atoms with Crippen molar-refractivity contribution >= 4 is 29.9 Å². The van der Waals surface area contributed by atoms with Crippen LogP contribution in [0.3, 0.4) is 0 Å². The molecule has 2 aromatic carbocycles. The van der Waals surface area contributed by atoms with Gasteiger partial charge in [-0.2, -0.15) is 5.10 Å². The number of furan rings is 1. The lowest BCUT2D eigenvalue weighted by Crippen LogP contribution is -2.26. The lowest BCUT2D eigenvalue weighted by atomic mass is 10.1. The smallest absolute Gasteiger partial charge is 0.336 e. The molecule has 0 aliphatic carbocycles. The molecule has 0 atom stereocenters. The van der Waals surface area contributed by atoms with Crippen LogP contribution in [0.4, 0.5) is 5.69 Å². The van der Waals surface area contributed by atoms with E-state index in [-0.39, 0.29) is 12.5 Å². The number of anilines is 1. The first-order valence-electron chi connectivity index (χ1n) is 9.67. The molecule has 3 rings (SSSR count). The minimum atomic E-state index is -0.513. The predicted octanol–water partition coefficient (Wildman–Crippen LogP) is 4.08. The second-order valence-electron chi connectivity index (χ2n) is 6.75. The van der Waals surface area contributed by atoms with E-state index in [1.54, 1.807) is 36.4 Å². The van der Waals surface area contributed by atoms with Crippen molar-refractivity contribution in [3.8, 4) is 5.75 Å². The molecule has 31 heavy (non-hydrogen) atoms. The number of para-hydroxylation sites is 1. The molecule has 1 amide bonds. The fraction of sp³-hybridized carbons (Fsp3) is 0.125. The van der Waals surface area contributed by atoms with Crippen LogP contribution in [0.1, 0.15) is 22.5 Å². The maximum Gasteiger partial charge on any atom is 0.336 e. The topological polar surface area (TPSA) is 92.9 Å². The number of hydrogen-bond donors (Lipinski definition) is 2. The first kappa shape index (κ1) is 21.6. The maximum atomic E-state index is 12.0. The summed E-state index contributed by atoms with van der Waals surface area (Å²) < 4.78 is 10.3. The van der Waals surface area contributed by atoms with E-state index in [1.165, 1.54) is 24.6 Å². The molecule has 158 valence electrons. The lowest BCUT2D eigenvalue weighted by molar-refractivity contribution is -0.129. The molecular formula is C24H23N3O4. The summed E-state index contributed by atoms with van der Waals surface area (Å²) in [4.78, 5) is 23.8. The summed E-state index contributed by atoms with van der Waals surface area (Å²) in [6.45, 7) is 4.09. The summed E-state index contributed by atoms with van der Waals surface area (Å²) in [6, 6.07) is 16.2. The van der Waals surface area contributed by atoms with Crippen LogP contribution < -0.4 is 15.5 Å². The molecule has 7 heteroatoms. The van der Waals surface area contributed by atoms with Crippen molar-refractivity contribution in [2.75, 3.05) is 11.9 Å².